The van der Waals surface area contributed by atoms with Crippen LogP contribution in [0.1, 0.15) is 25.8 Å². The summed E-state index contributed by atoms with van der Waals surface area (Å²) in [5, 5.41) is 4.44. The molecule has 0 radical (unpaired) electrons. The van der Waals surface area contributed by atoms with Crippen molar-refractivity contribution >= 4 is 10.0 Å². The molecule has 0 amide bonds. The van der Waals surface area contributed by atoms with E-state index in [2.05, 4.69) is 9.71 Å². The molecule has 2 heterocycles. The monoisotopic (exact) mass is 446 g/mol. The summed E-state index contributed by atoms with van der Waals surface area (Å²) >= 11 is 0. The van der Waals surface area contributed by atoms with Crippen molar-refractivity contribution in [3.8, 4) is 28.1 Å². The minimum absolute atomic E-state index is 0.271. The molecule has 0 saturated carbocycles. The van der Waals surface area contributed by atoms with E-state index in [0.717, 1.165) is 33.6 Å². The Kier molecular flexibility index (Phi) is 6.48. The predicted octanol–water partition coefficient (Wildman–Crippen LogP) is 4.82. The summed E-state index contributed by atoms with van der Waals surface area (Å²) in [6, 6.07) is 21.8. The maximum absolute atomic E-state index is 12.2. The van der Waals surface area contributed by atoms with Gasteiger partial charge >= 0.3 is 0 Å². The van der Waals surface area contributed by atoms with E-state index in [4.69, 9.17) is 5.10 Å². The molecule has 7 heteroatoms. The first-order valence-electron chi connectivity index (χ1n) is 10.6. The lowest BCUT2D eigenvalue weighted by Crippen LogP contribution is -2.31. The Morgan fingerprint density at radius 3 is 2.28 bits per heavy atom. The van der Waals surface area contributed by atoms with Gasteiger partial charge in [-0.25, -0.2) is 17.8 Å². The fourth-order valence-corrected chi connectivity index (χ4v) is 4.46. The van der Waals surface area contributed by atoms with Gasteiger partial charge in [0.15, 0.2) is 0 Å². The van der Waals surface area contributed by atoms with E-state index >= 15 is 0 Å². The van der Waals surface area contributed by atoms with Crippen molar-refractivity contribution in [3.63, 3.8) is 0 Å². The van der Waals surface area contributed by atoms with Gasteiger partial charge in [-0.1, -0.05) is 49.4 Å². The lowest BCUT2D eigenvalue weighted by atomic mass is 10.0. The van der Waals surface area contributed by atoms with Crippen LogP contribution in [0.15, 0.2) is 85.3 Å². The van der Waals surface area contributed by atoms with Crippen LogP contribution in [0.3, 0.4) is 0 Å². The Labute approximate surface area is 189 Å². The SMILES string of the molecule is CCC(C)S(=O)(=O)NCc1ccc(-c2cn(-c3ccccc3)nc2-c2ccncc2)cc1. The van der Waals surface area contributed by atoms with E-state index in [1.54, 1.807) is 19.3 Å². The maximum Gasteiger partial charge on any atom is 0.214 e. The van der Waals surface area contributed by atoms with Crippen LogP contribution in [-0.4, -0.2) is 28.4 Å². The third-order valence-corrected chi connectivity index (χ3v) is 7.48. The highest BCUT2D eigenvalue weighted by atomic mass is 32.2. The molecule has 4 aromatic rings. The smallest absolute Gasteiger partial charge is 0.214 e. The van der Waals surface area contributed by atoms with Crippen LogP contribution in [0, 0.1) is 0 Å². The van der Waals surface area contributed by atoms with Crippen molar-refractivity contribution in [2.45, 2.75) is 32.1 Å². The van der Waals surface area contributed by atoms with Crippen LogP contribution >= 0.6 is 0 Å². The molecule has 6 nitrogen and oxygen atoms in total. The van der Waals surface area contributed by atoms with Crippen LogP contribution in [0.4, 0.5) is 0 Å². The Hall–Kier alpha value is -3.29. The second-order valence-corrected chi connectivity index (χ2v) is 9.87. The zero-order valence-corrected chi connectivity index (χ0v) is 19.0. The molecule has 0 spiro atoms. The highest BCUT2D eigenvalue weighted by Crippen LogP contribution is 2.32. The van der Waals surface area contributed by atoms with E-state index < -0.39 is 15.3 Å². The Morgan fingerprint density at radius 2 is 1.62 bits per heavy atom. The van der Waals surface area contributed by atoms with Gasteiger partial charge in [0.05, 0.1) is 10.9 Å². The summed E-state index contributed by atoms with van der Waals surface area (Å²) in [4.78, 5) is 4.12. The van der Waals surface area contributed by atoms with Gasteiger partial charge < -0.3 is 0 Å². The Balaban J connectivity index is 1.65. The summed E-state index contributed by atoms with van der Waals surface area (Å²) in [5.74, 6) is 0. The zero-order valence-electron chi connectivity index (χ0n) is 18.1. The predicted molar refractivity (Wildman–Crippen MR) is 128 cm³/mol. The van der Waals surface area contributed by atoms with Crippen LogP contribution in [-0.2, 0) is 16.6 Å². The molecule has 0 saturated heterocycles. The largest absolute Gasteiger partial charge is 0.265 e. The second kappa shape index (κ2) is 9.46. The van der Waals surface area contributed by atoms with Crippen molar-refractivity contribution in [1.29, 1.82) is 0 Å². The summed E-state index contributed by atoms with van der Waals surface area (Å²) in [5.41, 5.74) is 5.72. The van der Waals surface area contributed by atoms with Crippen molar-refractivity contribution in [3.05, 3.63) is 90.9 Å². The van der Waals surface area contributed by atoms with Crippen LogP contribution in [0.2, 0.25) is 0 Å². The lowest BCUT2D eigenvalue weighted by Gasteiger charge is -2.12. The number of benzene rings is 2. The fourth-order valence-electron chi connectivity index (χ4n) is 3.37. The van der Waals surface area contributed by atoms with E-state index in [1.807, 2.05) is 84.5 Å². The van der Waals surface area contributed by atoms with Gasteiger partial charge in [0.2, 0.25) is 10.0 Å². The van der Waals surface area contributed by atoms with Gasteiger partial charge in [0.25, 0.3) is 0 Å². The van der Waals surface area contributed by atoms with E-state index in [9.17, 15) is 8.42 Å². The molecule has 0 aliphatic carbocycles. The number of hydrogen-bond acceptors (Lipinski definition) is 4. The average molecular weight is 447 g/mol. The Bertz CT molecular complexity index is 1270. The van der Waals surface area contributed by atoms with E-state index in [0.29, 0.717) is 6.42 Å². The topological polar surface area (TPSA) is 76.9 Å². The van der Waals surface area contributed by atoms with Crippen molar-refractivity contribution < 1.29 is 8.42 Å². The normalized spacial score (nSPS) is 12.6. The Morgan fingerprint density at radius 1 is 0.938 bits per heavy atom. The van der Waals surface area contributed by atoms with Gasteiger partial charge in [0, 0.05) is 36.3 Å². The number of aromatic nitrogens is 3. The molecular weight excluding hydrogens is 420 g/mol. The second-order valence-electron chi connectivity index (χ2n) is 7.69. The number of pyridine rings is 1. The van der Waals surface area contributed by atoms with Crippen molar-refractivity contribution in [1.82, 2.24) is 19.5 Å². The highest BCUT2D eigenvalue weighted by Gasteiger charge is 2.18. The zero-order chi connectivity index (χ0) is 22.6. The molecule has 32 heavy (non-hydrogen) atoms. The summed E-state index contributed by atoms with van der Waals surface area (Å²) < 4.78 is 29.0. The first-order chi connectivity index (χ1) is 15.5. The number of rotatable bonds is 8. The molecule has 2 aromatic carbocycles. The number of para-hydroxylation sites is 1. The van der Waals surface area contributed by atoms with Gasteiger partial charge in [0.1, 0.15) is 5.69 Å². The fraction of sp³-hybridized carbons (Fsp3) is 0.200. The third kappa shape index (κ3) is 4.79. The highest BCUT2D eigenvalue weighted by molar-refractivity contribution is 7.90. The number of nitrogens with zero attached hydrogens (tertiary/aromatic N) is 3. The summed E-state index contributed by atoms with van der Waals surface area (Å²) in [6.45, 7) is 3.86. The molecule has 4 rings (SSSR count). The number of hydrogen-bond donors (Lipinski definition) is 1. The molecule has 0 aliphatic rings. The minimum atomic E-state index is -3.31. The van der Waals surface area contributed by atoms with Gasteiger partial charge in [-0.15, -0.1) is 0 Å². The molecule has 0 fully saturated rings. The number of nitrogens with one attached hydrogen (secondary N) is 1. The molecule has 1 atom stereocenters. The lowest BCUT2D eigenvalue weighted by molar-refractivity contribution is 0.565. The first kappa shape index (κ1) is 21.9. The molecule has 1 N–H and O–H groups in total. The van der Waals surface area contributed by atoms with E-state index in [1.165, 1.54) is 0 Å². The van der Waals surface area contributed by atoms with Crippen molar-refractivity contribution in [2.75, 3.05) is 0 Å². The van der Waals surface area contributed by atoms with Crippen molar-refractivity contribution in [2.24, 2.45) is 0 Å². The molecule has 1 unspecified atom stereocenters. The first-order valence-corrected chi connectivity index (χ1v) is 12.2. The van der Waals surface area contributed by atoms with E-state index in [-0.39, 0.29) is 6.54 Å². The number of sulfonamides is 1. The van der Waals surface area contributed by atoms with Crippen LogP contribution in [0.5, 0.6) is 0 Å². The molecular formula is C25H26N4O2S. The van der Waals surface area contributed by atoms with Gasteiger partial charge in [-0.05, 0) is 48.7 Å². The van der Waals surface area contributed by atoms with Crippen LogP contribution in [0.25, 0.3) is 28.1 Å². The average Bonchev–Trinajstić information content (AvgIpc) is 3.29. The molecule has 0 aliphatic heterocycles. The molecule has 164 valence electrons. The standard InChI is InChI=1S/C25H26N4O2S/c1-3-19(2)32(30,31)27-17-20-9-11-21(12-10-20)24-18-29(23-7-5-4-6-8-23)28-25(24)22-13-15-26-16-14-22/h4-16,18-19,27H,3,17H2,1-2H3. The van der Waals surface area contributed by atoms with Gasteiger partial charge in [-0.3, -0.25) is 4.98 Å². The molecule has 0 bridgehead atoms. The summed E-state index contributed by atoms with van der Waals surface area (Å²) in [7, 11) is -3.31. The quantitative estimate of drug-likeness (QED) is 0.421. The maximum atomic E-state index is 12.2. The minimum Gasteiger partial charge on any atom is -0.265 e. The molecule has 2 aromatic heterocycles. The third-order valence-electron chi connectivity index (χ3n) is 5.54. The summed E-state index contributed by atoms with van der Waals surface area (Å²) in [6.07, 6.45) is 6.11. The van der Waals surface area contributed by atoms with Crippen LogP contribution < -0.4 is 4.72 Å². The van der Waals surface area contributed by atoms with Gasteiger partial charge in [-0.2, -0.15) is 5.10 Å².